The molecule has 0 aromatic rings. The van der Waals surface area contributed by atoms with Crippen molar-refractivity contribution in [3.63, 3.8) is 0 Å². The van der Waals surface area contributed by atoms with Crippen LogP contribution in [0.5, 0.6) is 0 Å². The van der Waals surface area contributed by atoms with E-state index in [1.165, 1.54) is 0 Å². The van der Waals surface area contributed by atoms with E-state index in [-0.39, 0.29) is 23.8 Å². The highest BCUT2D eigenvalue weighted by Gasteiger charge is 2.42. The van der Waals surface area contributed by atoms with Crippen LogP contribution in [0.2, 0.25) is 0 Å². The number of carbonyl (C=O) groups is 2. The van der Waals surface area contributed by atoms with Crippen molar-refractivity contribution in [1.82, 2.24) is 15.3 Å². The number of carbonyl (C=O) groups excluding carboxylic acids is 2. The summed E-state index contributed by atoms with van der Waals surface area (Å²) in [6, 6.07) is 0.208. The summed E-state index contributed by atoms with van der Waals surface area (Å²) in [5, 5.41) is 6.40. The fraction of sp³-hybridized carbons (Fsp3) is 0.833. The minimum absolute atomic E-state index is 0.100. The topological polar surface area (TPSA) is 52.7 Å². The van der Waals surface area contributed by atoms with Gasteiger partial charge in [0.15, 0.2) is 0 Å². The fourth-order valence-corrected chi connectivity index (χ4v) is 2.82. The smallest absolute Gasteiger partial charge is 0.246 e. The van der Waals surface area contributed by atoms with Crippen molar-refractivity contribution in [3.05, 3.63) is 0 Å². The number of hydrazine groups is 1. The van der Waals surface area contributed by atoms with E-state index < -0.39 is 0 Å². The molecule has 2 heterocycles. The third kappa shape index (κ3) is 2.16. The van der Waals surface area contributed by atoms with Gasteiger partial charge in [0.25, 0.3) is 0 Å². The molecule has 17 heavy (non-hydrogen) atoms. The normalized spacial score (nSPS) is 29.5. The summed E-state index contributed by atoms with van der Waals surface area (Å²) >= 11 is 0. The molecule has 2 fully saturated rings. The number of nitrogens with zero attached hydrogens (tertiary/aromatic N) is 2. The van der Waals surface area contributed by atoms with E-state index in [0.29, 0.717) is 19.5 Å². The Kier molecular flexibility index (Phi) is 3.66. The number of amides is 2. The second-order valence-electron chi connectivity index (χ2n) is 4.86. The van der Waals surface area contributed by atoms with E-state index in [1.54, 1.807) is 10.0 Å². The zero-order chi connectivity index (χ0) is 12.4. The molecule has 1 N–H and O–H groups in total. The zero-order valence-electron chi connectivity index (χ0n) is 10.6. The lowest BCUT2D eigenvalue weighted by Gasteiger charge is -2.48. The number of hydrogen-bond acceptors (Lipinski definition) is 3. The van der Waals surface area contributed by atoms with Gasteiger partial charge in [0.1, 0.15) is 0 Å². The van der Waals surface area contributed by atoms with Gasteiger partial charge >= 0.3 is 0 Å². The molecule has 0 spiro atoms. The van der Waals surface area contributed by atoms with E-state index >= 15 is 0 Å². The number of nitrogens with one attached hydrogen (secondary N) is 1. The molecule has 2 rings (SSSR count). The van der Waals surface area contributed by atoms with Crippen LogP contribution in [0.3, 0.4) is 0 Å². The highest BCUT2D eigenvalue weighted by Crippen LogP contribution is 2.28. The maximum atomic E-state index is 12.4. The standard InChI is InChI=1S/C12H21N3O2/c1-3-10-5-4-6-14-11(16)7-9(8-13-2)12(17)15(10)14/h9-10,13H,3-8H2,1-2H3. The van der Waals surface area contributed by atoms with Crippen molar-refractivity contribution in [1.29, 1.82) is 0 Å². The van der Waals surface area contributed by atoms with Crippen LogP contribution >= 0.6 is 0 Å². The van der Waals surface area contributed by atoms with Gasteiger partial charge < -0.3 is 5.32 Å². The Morgan fingerprint density at radius 2 is 2.18 bits per heavy atom. The molecule has 0 aromatic carbocycles. The lowest BCUT2D eigenvalue weighted by Crippen LogP contribution is -2.63. The monoisotopic (exact) mass is 239 g/mol. The van der Waals surface area contributed by atoms with Gasteiger partial charge in [-0.1, -0.05) is 6.92 Å². The van der Waals surface area contributed by atoms with E-state index in [2.05, 4.69) is 12.2 Å². The highest BCUT2D eigenvalue weighted by atomic mass is 16.2. The van der Waals surface area contributed by atoms with E-state index in [0.717, 1.165) is 19.3 Å². The second-order valence-corrected chi connectivity index (χ2v) is 4.86. The van der Waals surface area contributed by atoms with Gasteiger partial charge in [-0.05, 0) is 26.3 Å². The lowest BCUT2D eigenvalue weighted by molar-refractivity contribution is -0.187. The van der Waals surface area contributed by atoms with Crippen LogP contribution in [0.1, 0.15) is 32.6 Å². The zero-order valence-corrected chi connectivity index (χ0v) is 10.6. The van der Waals surface area contributed by atoms with Gasteiger partial charge in [-0.2, -0.15) is 0 Å². The average molecular weight is 239 g/mol. The molecule has 2 aliphatic rings. The molecule has 0 aliphatic carbocycles. The SMILES string of the molecule is CCC1CCCN2C(=O)CC(CNC)C(=O)N12. The van der Waals surface area contributed by atoms with Crippen molar-refractivity contribution in [2.45, 2.75) is 38.6 Å². The largest absolute Gasteiger partial charge is 0.319 e. The van der Waals surface area contributed by atoms with Crippen LogP contribution in [0.25, 0.3) is 0 Å². The van der Waals surface area contributed by atoms with Gasteiger partial charge in [-0.25, -0.2) is 5.01 Å². The summed E-state index contributed by atoms with van der Waals surface area (Å²) < 4.78 is 0. The molecule has 2 unspecified atom stereocenters. The first-order chi connectivity index (χ1) is 8.19. The maximum Gasteiger partial charge on any atom is 0.246 e. The molecule has 2 saturated heterocycles. The van der Waals surface area contributed by atoms with Crippen LogP contribution in [0.4, 0.5) is 0 Å². The summed E-state index contributed by atoms with van der Waals surface area (Å²) in [5.41, 5.74) is 0. The van der Waals surface area contributed by atoms with Gasteiger partial charge in [0.05, 0.1) is 12.0 Å². The molecule has 5 nitrogen and oxygen atoms in total. The van der Waals surface area contributed by atoms with Crippen molar-refractivity contribution in [3.8, 4) is 0 Å². The average Bonchev–Trinajstić information content (AvgIpc) is 2.35. The predicted molar refractivity (Wildman–Crippen MR) is 63.9 cm³/mol. The summed E-state index contributed by atoms with van der Waals surface area (Å²) in [5.74, 6) is 0.0319. The Hall–Kier alpha value is -1.10. The van der Waals surface area contributed by atoms with Gasteiger partial charge in [-0.3, -0.25) is 14.6 Å². The van der Waals surface area contributed by atoms with E-state index in [4.69, 9.17) is 0 Å². The molecule has 2 aliphatic heterocycles. The molecule has 5 heteroatoms. The number of rotatable bonds is 3. The predicted octanol–water partition coefficient (Wildman–Crippen LogP) is 0.370. The Morgan fingerprint density at radius 3 is 2.82 bits per heavy atom. The third-order valence-corrected chi connectivity index (χ3v) is 3.72. The van der Waals surface area contributed by atoms with Gasteiger partial charge in [-0.15, -0.1) is 0 Å². The van der Waals surface area contributed by atoms with Crippen LogP contribution in [-0.4, -0.2) is 48.0 Å². The Bertz CT molecular complexity index is 319. The quantitative estimate of drug-likeness (QED) is 0.774. The molecule has 96 valence electrons. The van der Waals surface area contributed by atoms with Crippen LogP contribution < -0.4 is 5.32 Å². The lowest BCUT2D eigenvalue weighted by atomic mass is 9.96. The van der Waals surface area contributed by atoms with Crippen LogP contribution in [0, 0.1) is 5.92 Å². The highest BCUT2D eigenvalue weighted by molar-refractivity contribution is 5.91. The molecular formula is C12H21N3O2. The minimum atomic E-state index is -0.184. The molecule has 2 amide bonds. The van der Waals surface area contributed by atoms with E-state index in [9.17, 15) is 9.59 Å². The van der Waals surface area contributed by atoms with Gasteiger partial charge in [0.2, 0.25) is 11.8 Å². The molecule has 0 radical (unpaired) electrons. The first-order valence-electron chi connectivity index (χ1n) is 6.47. The van der Waals surface area contributed by atoms with Gasteiger partial charge in [0, 0.05) is 19.5 Å². The molecule has 0 saturated carbocycles. The Morgan fingerprint density at radius 1 is 1.41 bits per heavy atom. The molecule has 0 bridgehead atoms. The summed E-state index contributed by atoms with van der Waals surface area (Å²) in [7, 11) is 1.82. The third-order valence-electron chi connectivity index (χ3n) is 3.72. The first kappa shape index (κ1) is 12.4. The van der Waals surface area contributed by atoms with Crippen molar-refractivity contribution in [2.24, 2.45) is 5.92 Å². The number of fused-ring (bicyclic) bond motifs is 1. The summed E-state index contributed by atoms with van der Waals surface area (Å²) in [4.78, 5) is 24.4. The minimum Gasteiger partial charge on any atom is -0.319 e. The number of hydrogen-bond donors (Lipinski definition) is 1. The molecule has 2 atom stereocenters. The van der Waals surface area contributed by atoms with Crippen LogP contribution in [-0.2, 0) is 9.59 Å². The van der Waals surface area contributed by atoms with Crippen molar-refractivity contribution in [2.75, 3.05) is 20.1 Å². The Labute approximate surface area is 102 Å². The first-order valence-corrected chi connectivity index (χ1v) is 6.47. The summed E-state index contributed by atoms with van der Waals surface area (Å²) in [6.07, 6.45) is 3.29. The summed E-state index contributed by atoms with van der Waals surface area (Å²) in [6.45, 7) is 3.37. The molecule has 0 aromatic heterocycles. The van der Waals surface area contributed by atoms with Crippen LogP contribution in [0.15, 0.2) is 0 Å². The molecular weight excluding hydrogens is 218 g/mol. The van der Waals surface area contributed by atoms with Crippen molar-refractivity contribution < 1.29 is 9.59 Å². The maximum absolute atomic E-state index is 12.4. The fourth-order valence-electron chi connectivity index (χ4n) is 2.82. The van der Waals surface area contributed by atoms with Crippen molar-refractivity contribution >= 4 is 11.8 Å². The van der Waals surface area contributed by atoms with E-state index in [1.807, 2.05) is 7.05 Å². The Balaban J connectivity index is 2.19. The second kappa shape index (κ2) is 5.04.